The van der Waals surface area contributed by atoms with Gasteiger partial charge in [0.25, 0.3) is 0 Å². The predicted molar refractivity (Wildman–Crippen MR) is 84.4 cm³/mol. The fraction of sp³-hybridized carbons (Fsp3) is 0.556. The number of hydrogen-bond donors (Lipinski definition) is 3. The number of carboxylic acid groups (broad SMARTS) is 1. The van der Waals surface area contributed by atoms with Gasteiger partial charge in [0.1, 0.15) is 17.5 Å². The molecule has 5 unspecified atom stereocenters. The molecular formula is C18H20O7. The number of carbonyl (C=O) groups excluding carboxylic acids is 1. The molecule has 1 aliphatic carbocycles. The van der Waals surface area contributed by atoms with E-state index in [2.05, 4.69) is 0 Å². The molecule has 0 bridgehead atoms. The lowest BCUT2D eigenvalue weighted by Gasteiger charge is -2.41. The van der Waals surface area contributed by atoms with Crippen molar-refractivity contribution in [3.63, 3.8) is 0 Å². The highest BCUT2D eigenvalue weighted by atomic mass is 16.7. The lowest BCUT2D eigenvalue weighted by Crippen LogP contribution is -2.57. The van der Waals surface area contributed by atoms with Crippen LogP contribution in [0.15, 0.2) is 18.2 Å². The average molecular weight is 348 g/mol. The number of aliphatic carboxylic acids is 1. The molecule has 7 nitrogen and oxygen atoms in total. The topological polar surface area (TPSA) is 117 Å². The van der Waals surface area contributed by atoms with Gasteiger partial charge in [0.15, 0.2) is 5.60 Å². The summed E-state index contributed by atoms with van der Waals surface area (Å²) < 4.78 is 11.8. The van der Waals surface area contributed by atoms with E-state index < -0.39 is 41.3 Å². The number of ether oxygens (including phenoxy) is 2. The molecule has 4 rings (SSSR count). The summed E-state index contributed by atoms with van der Waals surface area (Å²) in [5.41, 5.74) is -2.12. The molecule has 5 atom stereocenters. The molecule has 2 aliphatic heterocycles. The SMILES string of the molecule is CCCC1OC(CC(=O)O)CC23OC12C(=O)c1c(O)cccc1C3O. The summed E-state index contributed by atoms with van der Waals surface area (Å²) in [7, 11) is 0. The van der Waals surface area contributed by atoms with E-state index in [-0.39, 0.29) is 24.2 Å². The molecule has 0 aromatic heterocycles. The second-order valence-corrected chi connectivity index (χ2v) is 7.04. The first-order valence-electron chi connectivity index (χ1n) is 8.49. The summed E-state index contributed by atoms with van der Waals surface area (Å²) in [4.78, 5) is 24.3. The summed E-state index contributed by atoms with van der Waals surface area (Å²) in [5.74, 6) is -1.58. The number of epoxide rings is 1. The van der Waals surface area contributed by atoms with Crippen LogP contribution in [0.1, 0.15) is 54.6 Å². The number of carboxylic acids is 1. The van der Waals surface area contributed by atoms with Gasteiger partial charge in [-0.1, -0.05) is 25.5 Å². The highest BCUT2D eigenvalue weighted by molar-refractivity contribution is 6.11. The van der Waals surface area contributed by atoms with Crippen LogP contribution >= 0.6 is 0 Å². The van der Waals surface area contributed by atoms with Crippen LogP contribution in [0.3, 0.4) is 0 Å². The lowest BCUT2D eigenvalue weighted by molar-refractivity contribution is -0.145. The van der Waals surface area contributed by atoms with E-state index in [1.54, 1.807) is 12.1 Å². The van der Waals surface area contributed by atoms with Crippen LogP contribution in [0.2, 0.25) is 0 Å². The number of benzene rings is 1. The number of phenolic OH excluding ortho intramolecular Hbond substituents is 1. The number of rotatable bonds is 4. The minimum atomic E-state index is -1.34. The van der Waals surface area contributed by atoms with Gasteiger partial charge >= 0.3 is 5.97 Å². The van der Waals surface area contributed by atoms with Gasteiger partial charge in [-0.15, -0.1) is 0 Å². The second-order valence-electron chi connectivity index (χ2n) is 7.04. The van der Waals surface area contributed by atoms with Crippen molar-refractivity contribution in [2.45, 2.75) is 62.1 Å². The zero-order valence-corrected chi connectivity index (χ0v) is 13.8. The molecular weight excluding hydrogens is 328 g/mol. The Morgan fingerprint density at radius 3 is 2.84 bits per heavy atom. The second kappa shape index (κ2) is 5.27. The quantitative estimate of drug-likeness (QED) is 0.707. The van der Waals surface area contributed by atoms with Gasteiger partial charge < -0.3 is 24.8 Å². The maximum atomic E-state index is 13.2. The third kappa shape index (κ3) is 1.97. The fourth-order valence-electron chi connectivity index (χ4n) is 4.58. The van der Waals surface area contributed by atoms with E-state index in [1.807, 2.05) is 6.92 Å². The van der Waals surface area contributed by atoms with E-state index in [0.29, 0.717) is 18.4 Å². The van der Waals surface area contributed by atoms with Crippen molar-refractivity contribution in [1.82, 2.24) is 0 Å². The van der Waals surface area contributed by atoms with Crippen molar-refractivity contribution in [1.29, 1.82) is 0 Å². The Morgan fingerprint density at radius 2 is 2.16 bits per heavy atom. The van der Waals surface area contributed by atoms with Gasteiger partial charge in [0, 0.05) is 6.42 Å². The maximum absolute atomic E-state index is 13.2. The normalized spacial score (nSPS) is 38.5. The van der Waals surface area contributed by atoms with Crippen molar-refractivity contribution in [3.8, 4) is 5.75 Å². The number of fused-ring (bicyclic) bond motifs is 1. The van der Waals surface area contributed by atoms with Crippen LogP contribution in [0, 0.1) is 0 Å². The molecule has 2 fully saturated rings. The standard InChI is InChI=1S/C18H20O7/c1-2-4-12-18-16(23)14-10(5-3-6-11(14)19)15(22)17(18,25-18)8-9(24-12)7-13(20)21/h3,5-6,9,12,15,19,22H,2,4,7-8H2,1H3,(H,20,21). The van der Waals surface area contributed by atoms with Crippen molar-refractivity contribution >= 4 is 11.8 Å². The van der Waals surface area contributed by atoms with Crippen LogP contribution in [0.5, 0.6) is 5.75 Å². The molecule has 1 aromatic carbocycles. The lowest BCUT2D eigenvalue weighted by atomic mass is 9.66. The molecule has 1 aromatic rings. The summed E-state index contributed by atoms with van der Waals surface area (Å²) in [5, 5.41) is 30.2. The zero-order chi connectivity index (χ0) is 18.0. The first-order chi connectivity index (χ1) is 11.9. The Kier molecular flexibility index (Phi) is 3.48. The Hall–Kier alpha value is -1.96. The Balaban J connectivity index is 1.82. The van der Waals surface area contributed by atoms with E-state index in [4.69, 9.17) is 14.6 Å². The zero-order valence-electron chi connectivity index (χ0n) is 13.8. The van der Waals surface area contributed by atoms with Gasteiger partial charge in [-0.25, -0.2) is 0 Å². The number of hydrogen-bond acceptors (Lipinski definition) is 6. The van der Waals surface area contributed by atoms with Crippen LogP contribution in [-0.4, -0.2) is 50.5 Å². The summed E-state index contributed by atoms with van der Waals surface area (Å²) >= 11 is 0. The van der Waals surface area contributed by atoms with E-state index in [1.165, 1.54) is 6.07 Å². The Labute approximate surface area is 144 Å². The number of phenols is 1. The van der Waals surface area contributed by atoms with Crippen molar-refractivity contribution in [2.75, 3.05) is 0 Å². The first kappa shape index (κ1) is 16.5. The number of carbonyl (C=O) groups is 2. The molecule has 134 valence electrons. The number of aromatic hydroxyl groups is 1. The number of ketones is 1. The number of Topliss-reactive ketones (excluding diaryl/α,β-unsaturated/α-hetero) is 1. The molecule has 0 saturated carbocycles. The Morgan fingerprint density at radius 1 is 1.40 bits per heavy atom. The van der Waals surface area contributed by atoms with Crippen molar-refractivity contribution in [2.24, 2.45) is 0 Å². The van der Waals surface area contributed by atoms with Crippen LogP contribution < -0.4 is 0 Å². The highest BCUT2D eigenvalue weighted by Gasteiger charge is 2.85. The van der Waals surface area contributed by atoms with E-state index in [9.17, 15) is 19.8 Å². The van der Waals surface area contributed by atoms with Crippen LogP contribution in [-0.2, 0) is 14.3 Å². The van der Waals surface area contributed by atoms with Gasteiger partial charge in [-0.2, -0.15) is 0 Å². The van der Waals surface area contributed by atoms with Crippen molar-refractivity contribution in [3.05, 3.63) is 29.3 Å². The summed E-state index contributed by atoms with van der Waals surface area (Å²) in [6, 6.07) is 4.56. The number of aliphatic hydroxyl groups excluding tert-OH is 1. The maximum Gasteiger partial charge on any atom is 0.305 e. The molecule has 0 radical (unpaired) electrons. The van der Waals surface area contributed by atoms with E-state index in [0.717, 1.165) is 0 Å². The molecule has 0 amide bonds. The number of aliphatic hydroxyl groups is 1. The molecule has 0 spiro atoms. The summed E-state index contributed by atoms with van der Waals surface area (Å²) in [6.07, 6.45) is -1.28. The van der Waals surface area contributed by atoms with Gasteiger partial charge in [0.2, 0.25) is 5.78 Å². The minimum absolute atomic E-state index is 0.0736. The third-order valence-electron chi connectivity index (χ3n) is 5.60. The summed E-state index contributed by atoms with van der Waals surface area (Å²) in [6.45, 7) is 1.93. The third-order valence-corrected chi connectivity index (χ3v) is 5.60. The first-order valence-corrected chi connectivity index (χ1v) is 8.49. The molecule has 25 heavy (non-hydrogen) atoms. The highest BCUT2D eigenvalue weighted by Crippen LogP contribution is 2.68. The molecule has 3 N–H and O–H groups in total. The minimum Gasteiger partial charge on any atom is -0.507 e. The molecule has 7 heteroatoms. The van der Waals surface area contributed by atoms with Crippen molar-refractivity contribution < 1.29 is 34.4 Å². The molecule has 2 heterocycles. The Bertz CT molecular complexity index is 760. The van der Waals surface area contributed by atoms with Gasteiger partial charge in [-0.05, 0) is 18.1 Å². The molecule has 2 saturated heterocycles. The fourth-order valence-corrected chi connectivity index (χ4v) is 4.58. The predicted octanol–water partition coefficient (Wildman–Crippen LogP) is 1.56. The van der Waals surface area contributed by atoms with E-state index >= 15 is 0 Å². The average Bonchev–Trinajstić information content (AvgIpc) is 3.25. The largest absolute Gasteiger partial charge is 0.507 e. The molecule has 3 aliphatic rings. The smallest absolute Gasteiger partial charge is 0.305 e. The van der Waals surface area contributed by atoms with Gasteiger partial charge in [-0.3, -0.25) is 9.59 Å². The van der Waals surface area contributed by atoms with Crippen LogP contribution in [0.4, 0.5) is 0 Å². The monoisotopic (exact) mass is 348 g/mol. The van der Waals surface area contributed by atoms with Crippen LogP contribution in [0.25, 0.3) is 0 Å². The van der Waals surface area contributed by atoms with Gasteiger partial charge in [0.05, 0.1) is 24.2 Å².